The topological polar surface area (TPSA) is 21.8 Å². The van der Waals surface area contributed by atoms with E-state index in [4.69, 9.17) is 9.47 Å². The number of hydrogen-bond donors (Lipinski definition) is 0. The zero-order valence-electron chi connectivity index (χ0n) is 17.0. The van der Waals surface area contributed by atoms with Crippen molar-refractivity contribution in [1.29, 1.82) is 0 Å². The van der Waals surface area contributed by atoms with Crippen LogP contribution in [0.1, 0.15) is 83.6 Å². The summed E-state index contributed by atoms with van der Waals surface area (Å²) in [4.78, 5) is 0. The van der Waals surface area contributed by atoms with Gasteiger partial charge in [0.15, 0.2) is 0 Å². The molecule has 0 amide bonds. The van der Waals surface area contributed by atoms with Gasteiger partial charge in [-0.05, 0) is 63.1 Å². The Morgan fingerprint density at radius 1 is 0.923 bits per heavy atom. The Morgan fingerprint density at radius 2 is 1.54 bits per heavy atom. The van der Waals surface area contributed by atoms with E-state index < -0.39 is 0 Å². The van der Waals surface area contributed by atoms with Crippen molar-refractivity contribution in [2.24, 2.45) is 0 Å². The molecule has 0 aromatic heterocycles. The molecule has 1 aliphatic rings. The van der Waals surface area contributed by atoms with Gasteiger partial charge in [-0.2, -0.15) is 0 Å². The highest BCUT2D eigenvalue weighted by atomic mass is 16.6. The third-order valence-electron chi connectivity index (χ3n) is 5.08. The summed E-state index contributed by atoms with van der Waals surface area (Å²) in [6.45, 7) is 5.83. The van der Waals surface area contributed by atoms with Crippen molar-refractivity contribution in [3.63, 3.8) is 0 Å². The Balaban J connectivity index is 1.44. The molecule has 2 nitrogen and oxygen atoms in total. The molecule has 1 atom stereocenters. The predicted molar refractivity (Wildman–Crippen MR) is 111 cm³/mol. The van der Waals surface area contributed by atoms with E-state index in [-0.39, 0.29) is 5.60 Å². The van der Waals surface area contributed by atoms with Gasteiger partial charge in [-0.15, -0.1) is 0 Å². The van der Waals surface area contributed by atoms with Crippen molar-refractivity contribution in [2.75, 3.05) is 13.2 Å². The maximum absolute atomic E-state index is 5.77. The Labute approximate surface area is 161 Å². The lowest BCUT2D eigenvalue weighted by molar-refractivity contribution is 0.202. The Bertz CT molecular complexity index is 499. The zero-order valence-corrected chi connectivity index (χ0v) is 17.0. The van der Waals surface area contributed by atoms with E-state index in [1.54, 1.807) is 0 Å². The summed E-state index contributed by atoms with van der Waals surface area (Å²) in [6, 6.07) is 8.57. The lowest BCUT2D eigenvalue weighted by Crippen LogP contribution is -2.16. The first-order chi connectivity index (χ1) is 12.7. The number of epoxide rings is 1. The Kier molecular flexibility index (Phi) is 9.84. The second kappa shape index (κ2) is 12.2. The van der Waals surface area contributed by atoms with Gasteiger partial charge in [0.25, 0.3) is 0 Å². The molecular weight excluding hydrogens is 320 g/mol. The van der Waals surface area contributed by atoms with E-state index in [0.29, 0.717) is 6.61 Å². The molecule has 2 rings (SSSR count). The molecule has 2 heteroatoms. The van der Waals surface area contributed by atoms with Gasteiger partial charge in [-0.3, -0.25) is 0 Å². The number of benzene rings is 1. The summed E-state index contributed by atoms with van der Waals surface area (Å²) >= 11 is 0. The van der Waals surface area contributed by atoms with Crippen LogP contribution in [0.5, 0.6) is 5.75 Å². The lowest BCUT2D eigenvalue weighted by atomic mass is 10.1. The molecule has 0 spiro atoms. The molecule has 0 bridgehead atoms. The summed E-state index contributed by atoms with van der Waals surface area (Å²) in [5.41, 5.74) is 1.37. The summed E-state index contributed by atoms with van der Waals surface area (Å²) in [5, 5.41) is 0. The summed E-state index contributed by atoms with van der Waals surface area (Å²) < 4.78 is 11.1. The van der Waals surface area contributed by atoms with E-state index in [1.807, 2.05) is 0 Å². The van der Waals surface area contributed by atoms with Crippen LogP contribution in [0.2, 0.25) is 0 Å². The first-order valence-corrected chi connectivity index (χ1v) is 10.7. The highest BCUT2D eigenvalue weighted by molar-refractivity contribution is 5.27. The molecule has 1 heterocycles. The summed E-state index contributed by atoms with van der Waals surface area (Å²) in [7, 11) is 0. The average Bonchev–Trinajstić information content (AvgIpc) is 3.40. The van der Waals surface area contributed by atoms with Crippen molar-refractivity contribution in [2.45, 2.75) is 90.1 Å². The molecule has 0 N–H and O–H groups in total. The van der Waals surface area contributed by atoms with E-state index >= 15 is 0 Å². The minimum atomic E-state index is -0.0395. The van der Waals surface area contributed by atoms with Gasteiger partial charge in [0.1, 0.15) is 18.0 Å². The fourth-order valence-corrected chi connectivity index (χ4v) is 3.06. The smallest absolute Gasteiger partial charge is 0.123 e. The molecule has 1 aromatic rings. The van der Waals surface area contributed by atoms with Crippen molar-refractivity contribution < 1.29 is 9.47 Å². The molecule has 26 heavy (non-hydrogen) atoms. The van der Waals surface area contributed by atoms with Crippen LogP contribution < -0.4 is 4.74 Å². The first kappa shape index (κ1) is 21.0. The molecule has 1 fully saturated rings. The van der Waals surface area contributed by atoms with E-state index in [2.05, 4.69) is 50.3 Å². The molecule has 1 saturated heterocycles. The number of rotatable bonds is 15. The summed E-state index contributed by atoms with van der Waals surface area (Å²) in [6.07, 6.45) is 19.2. The fraction of sp³-hybridized carbons (Fsp3) is 0.667. The number of unbranched alkanes of at least 4 members (excludes halogenated alkanes) is 8. The standard InChI is InChI=1S/C24H38O2/c1-3-4-5-6-7-8-9-10-11-12-13-14-15-22-16-18-23(19-17-22)25-20-24(2)21-26-24/h9-10,16-19H,3-8,11-15,20-21H2,1-2H3/b10-9+. The number of ether oxygens (including phenoxy) is 2. The van der Waals surface area contributed by atoms with Crippen LogP contribution in [-0.4, -0.2) is 18.8 Å². The van der Waals surface area contributed by atoms with Crippen LogP contribution in [0.3, 0.4) is 0 Å². The van der Waals surface area contributed by atoms with Crippen LogP contribution >= 0.6 is 0 Å². The Hall–Kier alpha value is -1.28. The largest absolute Gasteiger partial charge is 0.491 e. The molecule has 146 valence electrons. The quantitative estimate of drug-likeness (QED) is 0.194. The minimum absolute atomic E-state index is 0.0395. The third kappa shape index (κ3) is 9.43. The summed E-state index contributed by atoms with van der Waals surface area (Å²) in [5.74, 6) is 0.949. The molecule has 1 aromatic carbocycles. The molecule has 0 radical (unpaired) electrons. The van der Waals surface area contributed by atoms with Gasteiger partial charge in [-0.25, -0.2) is 0 Å². The predicted octanol–water partition coefficient (Wildman–Crippen LogP) is 6.87. The first-order valence-electron chi connectivity index (χ1n) is 10.7. The second-order valence-corrected chi connectivity index (χ2v) is 7.94. The van der Waals surface area contributed by atoms with E-state index in [9.17, 15) is 0 Å². The molecule has 1 unspecified atom stereocenters. The van der Waals surface area contributed by atoms with Gasteiger partial charge in [0, 0.05) is 0 Å². The van der Waals surface area contributed by atoms with Crippen LogP contribution in [0.4, 0.5) is 0 Å². The maximum atomic E-state index is 5.77. The van der Waals surface area contributed by atoms with Gasteiger partial charge in [-0.1, -0.05) is 63.3 Å². The fourth-order valence-electron chi connectivity index (χ4n) is 3.06. The maximum Gasteiger partial charge on any atom is 0.123 e. The Morgan fingerprint density at radius 3 is 2.15 bits per heavy atom. The average molecular weight is 359 g/mol. The van der Waals surface area contributed by atoms with Crippen molar-refractivity contribution in [3.8, 4) is 5.75 Å². The van der Waals surface area contributed by atoms with Crippen molar-refractivity contribution >= 4 is 0 Å². The minimum Gasteiger partial charge on any atom is -0.491 e. The van der Waals surface area contributed by atoms with Gasteiger partial charge in [0.2, 0.25) is 0 Å². The molecule has 1 aliphatic heterocycles. The van der Waals surface area contributed by atoms with Gasteiger partial charge < -0.3 is 9.47 Å². The molecule has 0 saturated carbocycles. The van der Waals surface area contributed by atoms with Crippen LogP contribution in [-0.2, 0) is 11.2 Å². The van der Waals surface area contributed by atoms with Crippen LogP contribution in [0, 0.1) is 0 Å². The number of aryl methyl sites for hydroxylation is 1. The van der Waals surface area contributed by atoms with Crippen LogP contribution in [0.25, 0.3) is 0 Å². The second-order valence-electron chi connectivity index (χ2n) is 7.94. The number of hydrogen-bond acceptors (Lipinski definition) is 2. The van der Waals surface area contributed by atoms with E-state index in [0.717, 1.165) is 12.4 Å². The van der Waals surface area contributed by atoms with Crippen LogP contribution in [0.15, 0.2) is 36.4 Å². The van der Waals surface area contributed by atoms with Crippen molar-refractivity contribution in [1.82, 2.24) is 0 Å². The van der Waals surface area contributed by atoms with E-state index in [1.165, 1.54) is 76.2 Å². The molecule has 0 aliphatic carbocycles. The van der Waals surface area contributed by atoms with Crippen molar-refractivity contribution in [3.05, 3.63) is 42.0 Å². The monoisotopic (exact) mass is 358 g/mol. The SMILES string of the molecule is CCCCCCC/C=C/CCCCCc1ccc(OCC2(C)CO2)cc1. The molecular formula is C24H38O2. The zero-order chi connectivity index (χ0) is 18.5. The normalized spacial score (nSPS) is 19.2. The third-order valence-corrected chi connectivity index (χ3v) is 5.08. The highest BCUT2D eigenvalue weighted by Gasteiger charge is 2.40. The number of allylic oxidation sites excluding steroid dienone is 2. The lowest BCUT2D eigenvalue weighted by Gasteiger charge is -2.09. The van der Waals surface area contributed by atoms with Gasteiger partial charge in [0.05, 0.1) is 6.61 Å². The highest BCUT2D eigenvalue weighted by Crippen LogP contribution is 2.27. The van der Waals surface area contributed by atoms with Gasteiger partial charge >= 0.3 is 0 Å².